The number of benzene rings is 2. The third kappa shape index (κ3) is 5.55. The maximum absolute atomic E-state index is 12.2. The molecule has 0 fully saturated rings. The zero-order valence-electron chi connectivity index (χ0n) is 16.7. The summed E-state index contributed by atoms with van der Waals surface area (Å²) in [5.41, 5.74) is 3.24. The first-order valence-electron chi connectivity index (χ1n) is 9.47. The summed E-state index contributed by atoms with van der Waals surface area (Å²) in [6.07, 6.45) is 4.80. The van der Waals surface area contributed by atoms with Crippen LogP contribution in [0.3, 0.4) is 0 Å². The van der Waals surface area contributed by atoms with E-state index in [1.165, 1.54) is 17.4 Å². The van der Waals surface area contributed by atoms with Crippen LogP contribution in [-0.4, -0.2) is 23.0 Å². The Balaban J connectivity index is 1.39. The molecule has 6 nitrogen and oxygen atoms in total. The van der Waals surface area contributed by atoms with Crippen LogP contribution in [0.1, 0.15) is 5.56 Å². The highest BCUT2D eigenvalue weighted by Gasteiger charge is 2.07. The number of hydrogen-bond acceptors (Lipinski definition) is 7. The van der Waals surface area contributed by atoms with Crippen LogP contribution in [0.2, 0.25) is 0 Å². The average Bonchev–Trinajstić information content (AvgIpc) is 3.27. The van der Waals surface area contributed by atoms with Gasteiger partial charge in [-0.1, -0.05) is 24.3 Å². The van der Waals surface area contributed by atoms with Gasteiger partial charge in [0.25, 0.3) is 0 Å². The Morgan fingerprint density at radius 2 is 1.87 bits per heavy atom. The zero-order chi connectivity index (χ0) is 21.5. The van der Waals surface area contributed by atoms with Gasteiger partial charge in [-0.15, -0.1) is 11.3 Å². The van der Waals surface area contributed by atoms with E-state index in [2.05, 4.69) is 15.3 Å². The van der Waals surface area contributed by atoms with E-state index in [9.17, 15) is 4.79 Å². The Kier molecular flexibility index (Phi) is 6.35. The molecule has 154 valence electrons. The quantitative estimate of drug-likeness (QED) is 0.235. The number of methoxy groups -OCH3 is 1. The highest BCUT2D eigenvalue weighted by atomic mass is 32.1. The molecule has 0 amide bonds. The molecule has 2 heterocycles. The van der Waals surface area contributed by atoms with Crippen molar-refractivity contribution < 1.29 is 14.3 Å². The topological polar surface area (TPSA) is 73.3 Å². The van der Waals surface area contributed by atoms with Crippen molar-refractivity contribution in [1.29, 1.82) is 0 Å². The number of esters is 1. The fourth-order valence-corrected chi connectivity index (χ4v) is 3.51. The van der Waals surface area contributed by atoms with Crippen molar-refractivity contribution in [3.8, 4) is 22.9 Å². The van der Waals surface area contributed by atoms with Gasteiger partial charge in [-0.3, -0.25) is 4.98 Å². The summed E-state index contributed by atoms with van der Waals surface area (Å²) in [6, 6.07) is 20.3. The molecule has 0 aliphatic rings. The van der Waals surface area contributed by atoms with Crippen LogP contribution in [0.4, 0.5) is 10.8 Å². The molecule has 4 rings (SSSR count). The van der Waals surface area contributed by atoms with Gasteiger partial charge in [0.05, 0.1) is 12.8 Å². The maximum Gasteiger partial charge on any atom is 0.336 e. The molecule has 31 heavy (non-hydrogen) atoms. The normalized spacial score (nSPS) is 10.7. The summed E-state index contributed by atoms with van der Waals surface area (Å²) < 4.78 is 10.6. The Labute approximate surface area is 183 Å². The fraction of sp³-hybridized carbons (Fsp3) is 0.0417. The lowest BCUT2D eigenvalue weighted by Gasteiger charge is -2.06. The fourth-order valence-electron chi connectivity index (χ4n) is 2.78. The standard InChI is InChI=1S/C24H19N3O3S/c1-29-19-8-4-6-17(14-19)11-12-23(28)30-20-9-5-7-18(15-20)26-24-27-22(16-31-24)21-10-2-3-13-25-21/h2-16H,1H3,(H,26,27)/b12-11+. The lowest BCUT2D eigenvalue weighted by molar-refractivity contribution is -0.128. The van der Waals surface area contributed by atoms with E-state index in [0.29, 0.717) is 5.75 Å². The van der Waals surface area contributed by atoms with E-state index in [0.717, 1.165) is 33.5 Å². The summed E-state index contributed by atoms with van der Waals surface area (Å²) in [4.78, 5) is 21.1. The largest absolute Gasteiger partial charge is 0.497 e. The monoisotopic (exact) mass is 429 g/mol. The van der Waals surface area contributed by atoms with Crippen molar-refractivity contribution in [2.24, 2.45) is 0 Å². The molecule has 2 aromatic heterocycles. The molecule has 4 aromatic rings. The number of carbonyl (C=O) groups excluding carboxylic acids is 1. The molecule has 0 unspecified atom stereocenters. The molecule has 2 aromatic carbocycles. The van der Waals surface area contributed by atoms with Gasteiger partial charge in [0, 0.05) is 29.4 Å². The molecular weight excluding hydrogens is 410 g/mol. The number of aromatic nitrogens is 2. The van der Waals surface area contributed by atoms with Gasteiger partial charge in [0.1, 0.15) is 17.2 Å². The number of thiazole rings is 1. The molecule has 0 radical (unpaired) electrons. The van der Waals surface area contributed by atoms with Gasteiger partial charge in [-0.2, -0.15) is 0 Å². The SMILES string of the molecule is COc1cccc(/C=C/C(=O)Oc2cccc(Nc3nc(-c4ccccn4)cs3)c2)c1. The molecule has 0 spiro atoms. The minimum Gasteiger partial charge on any atom is -0.497 e. The van der Waals surface area contributed by atoms with Crippen LogP contribution in [0.5, 0.6) is 11.5 Å². The number of pyridine rings is 1. The Morgan fingerprint density at radius 3 is 2.71 bits per heavy atom. The highest BCUT2D eigenvalue weighted by molar-refractivity contribution is 7.14. The summed E-state index contributed by atoms with van der Waals surface area (Å²) in [7, 11) is 1.60. The molecule has 0 saturated carbocycles. The third-order valence-corrected chi connectivity index (χ3v) is 5.00. The second-order valence-electron chi connectivity index (χ2n) is 6.44. The lowest BCUT2D eigenvalue weighted by atomic mass is 10.2. The van der Waals surface area contributed by atoms with E-state index in [4.69, 9.17) is 9.47 Å². The van der Waals surface area contributed by atoms with Crippen molar-refractivity contribution in [3.63, 3.8) is 0 Å². The average molecular weight is 430 g/mol. The van der Waals surface area contributed by atoms with Crippen LogP contribution in [0.25, 0.3) is 17.5 Å². The third-order valence-electron chi connectivity index (χ3n) is 4.24. The van der Waals surface area contributed by atoms with Gasteiger partial charge in [0.2, 0.25) is 0 Å². The predicted molar refractivity (Wildman–Crippen MR) is 123 cm³/mol. The Bertz CT molecular complexity index is 1210. The van der Waals surface area contributed by atoms with Crippen LogP contribution in [-0.2, 0) is 4.79 Å². The van der Waals surface area contributed by atoms with Crippen molar-refractivity contribution in [2.45, 2.75) is 0 Å². The van der Waals surface area contributed by atoms with Crippen molar-refractivity contribution in [1.82, 2.24) is 9.97 Å². The Morgan fingerprint density at radius 1 is 1.00 bits per heavy atom. The molecule has 1 N–H and O–H groups in total. The number of anilines is 2. The van der Waals surface area contributed by atoms with Crippen molar-refractivity contribution >= 4 is 34.2 Å². The smallest absolute Gasteiger partial charge is 0.336 e. The number of ether oxygens (including phenoxy) is 2. The molecule has 0 aliphatic carbocycles. The number of rotatable bonds is 7. The molecule has 0 aliphatic heterocycles. The number of nitrogens with zero attached hydrogens (tertiary/aromatic N) is 2. The van der Waals surface area contributed by atoms with Crippen LogP contribution >= 0.6 is 11.3 Å². The zero-order valence-corrected chi connectivity index (χ0v) is 17.5. The van der Waals surface area contributed by atoms with Gasteiger partial charge in [-0.25, -0.2) is 9.78 Å². The van der Waals surface area contributed by atoms with Gasteiger partial charge < -0.3 is 14.8 Å². The second-order valence-corrected chi connectivity index (χ2v) is 7.29. The van der Waals surface area contributed by atoms with Crippen molar-refractivity contribution in [3.05, 3.63) is 89.9 Å². The van der Waals surface area contributed by atoms with Gasteiger partial charge in [-0.05, 0) is 48.0 Å². The molecule has 0 bridgehead atoms. The first-order valence-corrected chi connectivity index (χ1v) is 10.4. The Hall–Kier alpha value is -3.97. The number of nitrogens with one attached hydrogen (secondary N) is 1. The molecular formula is C24H19N3O3S. The first kappa shape index (κ1) is 20.3. The van der Waals surface area contributed by atoms with Crippen LogP contribution in [0, 0.1) is 0 Å². The molecule has 7 heteroatoms. The minimum absolute atomic E-state index is 0.437. The van der Waals surface area contributed by atoms with E-state index in [1.54, 1.807) is 31.5 Å². The highest BCUT2D eigenvalue weighted by Crippen LogP contribution is 2.27. The number of hydrogen-bond donors (Lipinski definition) is 1. The molecule has 0 atom stereocenters. The maximum atomic E-state index is 12.2. The van der Waals surface area contributed by atoms with Crippen LogP contribution in [0.15, 0.2) is 84.4 Å². The summed E-state index contributed by atoms with van der Waals surface area (Å²) in [5.74, 6) is 0.695. The van der Waals surface area contributed by atoms with E-state index in [-0.39, 0.29) is 0 Å². The summed E-state index contributed by atoms with van der Waals surface area (Å²) in [5, 5.41) is 5.90. The van der Waals surface area contributed by atoms with E-state index in [1.807, 2.05) is 60.0 Å². The van der Waals surface area contributed by atoms with E-state index >= 15 is 0 Å². The van der Waals surface area contributed by atoms with Gasteiger partial charge in [0.15, 0.2) is 5.13 Å². The molecule has 0 saturated heterocycles. The van der Waals surface area contributed by atoms with Gasteiger partial charge >= 0.3 is 5.97 Å². The lowest BCUT2D eigenvalue weighted by Crippen LogP contribution is -2.04. The summed E-state index contributed by atoms with van der Waals surface area (Å²) in [6.45, 7) is 0. The minimum atomic E-state index is -0.466. The van der Waals surface area contributed by atoms with Crippen molar-refractivity contribution in [2.75, 3.05) is 12.4 Å². The predicted octanol–water partition coefficient (Wildman–Crippen LogP) is 5.58. The second kappa shape index (κ2) is 9.69. The number of carbonyl (C=O) groups is 1. The summed E-state index contributed by atoms with van der Waals surface area (Å²) >= 11 is 1.48. The van der Waals surface area contributed by atoms with Crippen LogP contribution < -0.4 is 14.8 Å². The van der Waals surface area contributed by atoms with E-state index < -0.39 is 5.97 Å². The first-order chi connectivity index (χ1) is 15.2.